The van der Waals surface area contributed by atoms with Crippen molar-refractivity contribution >= 4 is 29.2 Å². The van der Waals surface area contributed by atoms with Gasteiger partial charge in [0, 0.05) is 18.1 Å². The number of hydrogen-bond donors (Lipinski definition) is 0. The molecule has 3 amide bonds. The van der Waals surface area contributed by atoms with Gasteiger partial charge in [-0.05, 0) is 31.5 Å². The Morgan fingerprint density at radius 3 is 2.63 bits per heavy atom. The van der Waals surface area contributed by atoms with Gasteiger partial charge in [0.05, 0.1) is 11.6 Å². The molecule has 0 aliphatic carbocycles. The molecule has 4 nitrogen and oxygen atoms in total. The fourth-order valence-electron chi connectivity index (χ4n) is 2.17. The summed E-state index contributed by atoms with van der Waals surface area (Å²) in [7, 11) is 0. The zero-order valence-electron chi connectivity index (χ0n) is 11.3. The van der Waals surface area contributed by atoms with Gasteiger partial charge in [-0.15, -0.1) is 0 Å². The molecule has 1 aromatic carbocycles. The smallest absolute Gasteiger partial charge is 0.323 e. The van der Waals surface area contributed by atoms with E-state index in [1.165, 1.54) is 4.90 Å². The summed E-state index contributed by atoms with van der Waals surface area (Å²) in [6, 6.07) is 4.96. The van der Waals surface area contributed by atoms with Gasteiger partial charge in [-0.1, -0.05) is 24.6 Å². The summed E-state index contributed by atoms with van der Waals surface area (Å²) in [5.74, 6) is -0.368. The Balaban J connectivity index is 2.42. The number of carbonyl (C=O) groups is 2. The van der Waals surface area contributed by atoms with E-state index in [0.29, 0.717) is 23.8 Å². The molecule has 0 spiro atoms. The molecule has 1 aromatic rings. The number of aryl methyl sites for hydroxylation is 1. The minimum atomic E-state index is -0.273. The van der Waals surface area contributed by atoms with Gasteiger partial charge < -0.3 is 4.90 Å². The van der Waals surface area contributed by atoms with Crippen LogP contribution >= 0.6 is 11.6 Å². The highest BCUT2D eigenvalue weighted by Crippen LogP contribution is 2.27. The number of amides is 3. The van der Waals surface area contributed by atoms with Gasteiger partial charge in [0.1, 0.15) is 0 Å². The summed E-state index contributed by atoms with van der Waals surface area (Å²) in [5.41, 5.74) is 1.46. The molecule has 2 rings (SSSR count). The van der Waals surface area contributed by atoms with E-state index in [0.717, 1.165) is 5.56 Å². The van der Waals surface area contributed by atoms with Crippen molar-refractivity contribution in [2.45, 2.75) is 20.8 Å². The van der Waals surface area contributed by atoms with Crippen LogP contribution in [0.25, 0.3) is 0 Å². The maximum Gasteiger partial charge on any atom is 0.331 e. The molecular weight excluding hydrogens is 264 g/mol. The number of benzene rings is 1. The highest BCUT2D eigenvalue weighted by Gasteiger charge is 2.37. The first-order valence-electron chi connectivity index (χ1n) is 6.34. The van der Waals surface area contributed by atoms with E-state index in [2.05, 4.69) is 0 Å². The van der Waals surface area contributed by atoms with E-state index in [1.807, 2.05) is 26.8 Å². The quantitative estimate of drug-likeness (QED) is 0.835. The molecule has 102 valence electrons. The first-order chi connectivity index (χ1) is 8.95. The van der Waals surface area contributed by atoms with Crippen molar-refractivity contribution in [1.82, 2.24) is 4.90 Å². The zero-order chi connectivity index (χ0) is 14.2. The standard InChI is InChI=1S/C14H17ClN2O2/c1-4-16-8-10(3)13(18)17(14(16)19)11-6-5-9(2)12(15)7-11/h5-7,10H,4,8H2,1-3H3. The number of anilines is 1. The lowest BCUT2D eigenvalue weighted by Gasteiger charge is -2.36. The van der Waals surface area contributed by atoms with Crippen molar-refractivity contribution in [3.8, 4) is 0 Å². The third-order valence-electron chi connectivity index (χ3n) is 3.39. The van der Waals surface area contributed by atoms with Crippen molar-refractivity contribution in [1.29, 1.82) is 0 Å². The third kappa shape index (κ3) is 2.45. The second-order valence-electron chi connectivity index (χ2n) is 4.83. The number of halogens is 1. The van der Waals surface area contributed by atoms with Crippen molar-refractivity contribution in [2.24, 2.45) is 5.92 Å². The van der Waals surface area contributed by atoms with Gasteiger partial charge in [0.15, 0.2) is 0 Å². The summed E-state index contributed by atoms with van der Waals surface area (Å²) >= 11 is 6.07. The Hall–Kier alpha value is -1.55. The normalized spacial score (nSPS) is 20.1. The predicted octanol–water partition coefficient (Wildman–Crippen LogP) is 3.07. The highest BCUT2D eigenvalue weighted by molar-refractivity contribution is 6.32. The van der Waals surface area contributed by atoms with Crippen LogP contribution in [0, 0.1) is 12.8 Å². The topological polar surface area (TPSA) is 40.6 Å². The fourth-order valence-corrected chi connectivity index (χ4v) is 2.34. The summed E-state index contributed by atoms with van der Waals surface area (Å²) < 4.78 is 0. The molecule has 0 saturated carbocycles. The Labute approximate surface area is 117 Å². The van der Waals surface area contributed by atoms with E-state index in [4.69, 9.17) is 11.6 Å². The minimum Gasteiger partial charge on any atom is -0.323 e. The molecule has 0 N–H and O–H groups in total. The average molecular weight is 281 g/mol. The molecule has 1 heterocycles. The van der Waals surface area contributed by atoms with Crippen LogP contribution in [0.3, 0.4) is 0 Å². The van der Waals surface area contributed by atoms with E-state index < -0.39 is 0 Å². The lowest BCUT2D eigenvalue weighted by atomic mass is 10.1. The third-order valence-corrected chi connectivity index (χ3v) is 3.80. The Morgan fingerprint density at radius 1 is 1.37 bits per heavy atom. The van der Waals surface area contributed by atoms with Crippen LogP contribution in [-0.2, 0) is 4.79 Å². The lowest BCUT2D eigenvalue weighted by Crippen LogP contribution is -2.56. The molecule has 1 atom stereocenters. The number of imide groups is 1. The number of nitrogens with zero attached hydrogens (tertiary/aromatic N) is 2. The Bertz CT molecular complexity index is 530. The summed E-state index contributed by atoms with van der Waals surface area (Å²) in [6.45, 7) is 6.69. The Morgan fingerprint density at radius 2 is 2.05 bits per heavy atom. The molecule has 1 saturated heterocycles. The molecule has 0 bridgehead atoms. The molecule has 19 heavy (non-hydrogen) atoms. The minimum absolute atomic E-state index is 0.172. The van der Waals surface area contributed by atoms with Gasteiger partial charge in [-0.3, -0.25) is 4.79 Å². The van der Waals surface area contributed by atoms with Crippen molar-refractivity contribution in [3.63, 3.8) is 0 Å². The van der Waals surface area contributed by atoms with Gasteiger partial charge >= 0.3 is 6.03 Å². The molecule has 0 radical (unpaired) electrons. The lowest BCUT2D eigenvalue weighted by molar-refractivity contribution is -0.122. The van der Waals surface area contributed by atoms with Crippen LogP contribution in [0.15, 0.2) is 18.2 Å². The van der Waals surface area contributed by atoms with Crippen molar-refractivity contribution in [3.05, 3.63) is 28.8 Å². The van der Waals surface area contributed by atoms with Gasteiger partial charge in [0.25, 0.3) is 0 Å². The van der Waals surface area contributed by atoms with Gasteiger partial charge in [0.2, 0.25) is 5.91 Å². The summed E-state index contributed by atoms with van der Waals surface area (Å²) in [6.07, 6.45) is 0. The Kier molecular flexibility index (Phi) is 3.80. The first kappa shape index (κ1) is 13.9. The van der Waals surface area contributed by atoms with E-state index in [9.17, 15) is 9.59 Å². The van der Waals surface area contributed by atoms with E-state index in [1.54, 1.807) is 17.0 Å². The second-order valence-corrected chi connectivity index (χ2v) is 5.24. The van der Waals surface area contributed by atoms with Crippen LogP contribution in [0.2, 0.25) is 5.02 Å². The summed E-state index contributed by atoms with van der Waals surface area (Å²) in [5, 5.41) is 0.555. The van der Waals surface area contributed by atoms with Gasteiger partial charge in [-0.25, -0.2) is 9.69 Å². The van der Waals surface area contributed by atoms with Crippen LogP contribution in [-0.4, -0.2) is 29.9 Å². The van der Waals surface area contributed by atoms with Crippen LogP contribution in [0.4, 0.5) is 10.5 Å². The second kappa shape index (κ2) is 5.21. The largest absolute Gasteiger partial charge is 0.331 e. The number of rotatable bonds is 2. The molecule has 1 unspecified atom stereocenters. The average Bonchev–Trinajstić information content (AvgIpc) is 2.38. The number of carbonyl (C=O) groups excluding carboxylic acids is 2. The maximum absolute atomic E-state index is 12.3. The van der Waals surface area contributed by atoms with E-state index >= 15 is 0 Å². The first-order valence-corrected chi connectivity index (χ1v) is 6.72. The molecular formula is C14H17ClN2O2. The van der Waals surface area contributed by atoms with Crippen molar-refractivity contribution in [2.75, 3.05) is 18.0 Å². The highest BCUT2D eigenvalue weighted by atomic mass is 35.5. The van der Waals surface area contributed by atoms with Crippen LogP contribution < -0.4 is 4.90 Å². The van der Waals surface area contributed by atoms with Gasteiger partial charge in [-0.2, -0.15) is 0 Å². The maximum atomic E-state index is 12.3. The molecule has 5 heteroatoms. The number of urea groups is 1. The van der Waals surface area contributed by atoms with Crippen LogP contribution in [0.1, 0.15) is 19.4 Å². The summed E-state index contributed by atoms with van der Waals surface area (Å²) in [4.78, 5) is 27.4. The predicted molar refractivity (Wildman–Crippen MR) is 75.5 cm³/mol. The van der Waals surface area contributed by atoms with Crippen molar-refractivity contribution < 1.29 is 9.59 Å². The molecule has 1 aliphatic rings. The zero-order valence-corrected chi connectivity index (χ0v) is 12.1. The van der Waals surface area contributed by atoms with E-state index in [-0.39, 0.29) is 17.9 Å². The number of hydrogen-bond acceptors (Lipinski definition) is 2. The molecule has 1 aliphatic heterocycles. The molecule has 0 aromatic heterocycles. The van der Waals surface area contributed by atoms with Crippen LogP contribution in [0.5, 0.6) is 0 Å². The monoisotopic (exact) mass is 280 g/mol. The SMILES string of the molecule is CCN1CC(C)C(=O)N(c2ccc(C)c(Cl)c2)C1=O. The fraction of sp³-hybridized carbons (Fsp3) is 0.429. The molecule has 1 fully saturated rings.